The van der Waals surface area contributed by atoms with Crippen LogP contribution < -0.4 is 0 Å². The van der Waals surface area contributed by atoms with Crippen LogP contribution >= 0.6 is 23.2 Å². The molecule has 5 heteroatoms. The Labute approximate surface area is 131 Å². The second kappa shape index (κ2) is 6.12. The van der Waals surface area contributed by atoms with Gasteiger partial charge >= 0.3 is 0 Å². The summed E-state index contributed by atoms with van der Waals surface area (Å²) in [5, 5.41) is 4.94. The maximum atomic E-state index is 6.22. The van der Waals surface area contributed by atoms with Crippen molar-refractivity contribution in [1.82, 2.24) is 10.1 Å². The Hall–Kier alpha value is -2.10. The van der Waals surface area contributed by atoms with Crippen LogP contribution in [0.2, 0.25) is 5.02 Å². The van der Waals surface area contributed by atoms with Gasteiger partial charge in [0.2, 0.25) is 5.82 Å². The molecule has 0 unspecified atom stereocenters. The Morgan fingerprint density at radius 2 is 1.86 bits per heavy atom. The van der Waals surface area contributed by atoms with Gasteiger partial charge in [0.25, 0.3) is 5.89 Å². The Kier molecular flexibility index (Phi) is 4.04. The molecule has 3 nitrogen and oxygen atoms in total. The standard InChI is InChI=1S/C16H10Cl2N2O/c17-13-8-4-5-11(9-13)10-14(18)16-19-15(20-21-16)12-6-2-1-3-7-12/h1-10H/b14-10-. The number of benzene rings is 2. The highest BCUT2D eigenvalue weighted by Gasteiger charge is 2.11. The molecule has 0 N–H and O–H groups in total. The summed E-state index contributed by atoms with van der Waals surface area (Å²) >= 11 is 12.2. The molecule has 0 saturated heterocycles. The third-order valence-corrected chi connectivity index (χ3v) is 3.31. The molecular formula is C16H10Cl2N2O. The summed E-state index contributed by atoms with van der Waals surface area (Å²) in [6.45, 7) is 0. The minimum atomic E-state index is 0.274. The van der Waals surface area contributed by atoms with Gasteiger partial charge in [-0.05, 0) is 23.8 Å². The molecule has 104 valence electrons. The van der Waals surface area contributed by atoms with Gasteiger partial charge in [-0.3, -0.25) is 0 Å². The second-order valence-electron chi connectivity index (χ2n) is 4.34. The summed E-state index contributed by atoms with van der Waals surface area (Å²) in [6.07, 6.45) is 1.73. The van der Waals surface area contributed by atoms with Crippen LogP contribution in [0.25, 0.3) is 22.5 Å². The number of aromatic nitrogens is 2. The molecule has 1 aromatic heterocycles. The second-order valence-corrected chi connectivity index (χ2v) is 5.18. The average molecular weight is 317 g/mol. The molecule has 0 aliphatic carbocycles. The van der Waals surface area contributed by atoms with E-state index in [2.05, 4.69) is 10.1 Å². The van der Waals surface area contributed by atoms with Crippen LogP contribution in [-0.4, -0.2) is 10.1 Å². The van der Waals surface area contributed by atoms with Crippen LogP contribution in [0.15, 0.2) is 59.1 Å². The molecule has 3 rings (SSSR count). The van der Waals surface area contributed by atoms with E-state index in [0.29, 0.717) is 15.9 Å². The van der Waals surface area contributed by atoms with Crippen LogP contribution in [0.4, 0.5) is 0 Å². The Morgan fingerprint density at radius 3 is 2.62 bits per heavy atom. The van der Waals surface area contributed by atoms with E-state index in [1.807, 2.05) is 42.5 Å². The maximum absolute atomic E-state index is 6.22. The van der Waals surface area contributed by atoms with Crippen molar-refractivity contribution >= 4 is 34.3 Å². The molecule has 0 amide bonds. The highest BCUT2D eigenvalue weighted by Crippen LogP contribution is 2.24. The molecule has 3 aromatic rings. The first-order chi connectivity index (χ1) is 10.2. The molecule has 0 radical (unpaired) electrons. The highest BCUT2D eigenvalue weighted by molar-refractivity contribution is 6.50. The summed E-state index contributed by atoms with van der Waals surface area (Å²) in [7, 11) is 0. The predicted octanol–water partition coefficient (Wildman–Crippen LogP) is 5.13. The molecule has 0 aliphatic rings. The third kappa shape index (κ3) is 3.32. The topological polar surface area (TPSA) is 38.9 Å². The molecule has 1 heterocycles. The predicted molar refractivity (Wildman–Crippen MR) is 84.9 cm³/mol. The van der Waals surface area contributed by atoms with Gasteiger partial charge in [-0.1, -0.05) is 70.8 Å². The minimum Gasteiger partial charge on any atom is -0.333 e. The quantitative estimate of drug-likeness (QED) is 0.672. The van der Waals surface area contributed by atoms with E-state index in [1.54, 1.807) is 18.2 Å². The fourth-order valence-corrected chi connectivity index (χ4v) is 2.23. The van der Waals surface area contributed by atoms with Crippen molar-refractivity contribution in [3.8, 4) is 11.4 Å². The van der Waals surface area contributed by atoms with Gasteiger partial charge in [0.05, 0.1) is 0 Å². The van der Waals surface area contributed by atoms with E-state index in [1.165, 1.54) is 0 Å². The van der Waals surface area contributed by atoms with Crippen molar-refractivity contribution in [1.29, 1.82) is 0 Å². The number of hydrogen-bond donors (Lipinski definition) is 0. The lowest BCUT2D eigenvalue weighted by Crippen LogP contribution is -1.81. The van der Waals surface area contributed by atoms with Crippen molar-refractivity contribution in [3.05, 3.63) is 71.1 Å². The first-order valence-corrected chi connectivity index (χ1v) is 7.00. The van der Waals surface area contributed by atoms with Gasteiger partial charge in [0.1, 0.15) is 5.03 Å². The van der Waals surface area contributed by atoms with E-state index >= 15 is 0 Å². The zero-order chi connectivity index (χ0) is 14.7. The number of rotatable bonds is 3. The molecule has 21 heavy (non-hydrogen) atoms. The van der Waals surface area contributed by atoms with Crippen LogP contribution in [0.1, 0.15) is 11.5 Å². The van der Waals surface area contributed by atoms with Gasteiger partial charge in [-0.25, -0.2) is 0 Å². The maximum Gasteiger partial charge on any atom is 0.269 e. The fraction of sp³-hybridized carbons (Fsp3) is 0. The number of nitrogens with zero attached hydrogens (tertiary/aromatic N) is 2. The van der Waals surface area contributed by atoms with Gasteiger partial charge in [-0.2, -0.15) is 4.98 Å². The van der Waals surface area contributed by atoms with Crippen molar-refractivity contribution in [2.45, 2.75) is 0 Å². The molecule has 0 atom stereocenters. The molecule has 0 fully saturated rings. The SMILES string of the molecule is Cl/C(=C\c1cccc(Cl)c1)c1nc(-c2ccccc2)no1. The number of halogens is 2. The fourth-order valence-electron chi connectivity index (χ4n) is 1.83. The summed E-state index contributed by atoms with van der Waals surface area (Å²) in [6, 6.07) is 16.9. The Morgan fingerprint density at radius 1 is 1.05 bits per heavy atom. The van der Waals surface area contributed by atoms with Crippen LogP contribution in [0.5, 0.6) is 0 Å². The van der Waals surface area contributed by atoms with Gasteiger partial charge < -0.3 is 4.52 Å². The molecular weight excluding hydrogens is 307 g/mol. The Balaban J connectivity index is 1.89. The Bertz CT molecular complexity index is 782. The third-order valence-electron chi connectivity index (χ3n) is 2.80. The molecule has 0 bridgehead atoms. The summed E-state index contributed by atoms with van der Waals surface area (Å²) in [5.41, 5.74) is 1.74. The minimum absolute atomic E-state index is 0.274. The first kappa shape index (κ1) is 13.9. The van der Waals surface area contributed by atoms with Crippen LogP contribution in [-0.2, 0) is 0 Å². The van der Waals surface area contributed by atoms with E-state index in [0.717, 1.165) is 11.1 Å². The van der Waals surface area contributed by atoms with Crippen LogP contribution in [0.3, 0.4) is 0 Å². The lowest BCUT2D eigenvalue weighted by molar-refractivity contribution is 0.410. The van der Waals surface area contributed by atoms with Gasteiger partial charge in [-0.15, -0.1) is 0 Å². The van der Waals surface area contributed by atoms with Crippen molar-refractivity contribution in [2.75, 3.05) is 0 Å². The molecule has 0 aliphatic heterocycles. The van der Waals surface area contributed by atoms with E-state index < -0.39 is 0 Å². The first-order valence-electron chi connectivity index (χ1n) is 6.24. The van der Waals surface area contributed by atoms with Gasteiger partial charge in [0, 0.05) is 10.6 Å². The van der Waals surface area contributed by atoms with E-state index in [4.69, 9.17) is 27.7 Å². The lowest BCUT2D eigenvalue weighted by atomic mass is 10.2. The summed E-state index contributed by atoms with van der Waals surface area (Å²) in [4.78, 5) is 4.29. The van der Waals surface area contributed by atoms with E-state index in [-0.39, 0.29) is 5.89 Å². The molecule has 0 saturated carbocycles. The van der Waals surface area contributed by atoms with Crippen molar-refractivity contribution in [3.63, 3.8) is 0 Å². The number of hydrogen-bond acceptors (Lipinski definition) is 3. The largest absolute Gasteiger partial charge is 0.333 e. The van der Waals surface area contributed by atoms with Crippen molar-refractivity contribution < 1.29 is 4.52 Å². The zero-order valence-electron chi connectivity index (χ0n) is 10.8. The molecule has 0 spiro atoms. The molecule has 2 aromatic carbocycles. The normalized spacial score (nSPS) is 11.6. The van der Waals surface area contributed by atoms with Crippen LogP contribution in [0, 0.1) is 0 Å². The summed E-state index contributed by atoms with van der Waals surface area (Å²) in [5.74, 6) is 0.777. The summed E-state index contributed by atoms with van der Waals surface area (Å²) < 4.78 is 5.19. The van der Waals surface area contributed by atoms with Crippen molar-refractivity contribution in [2.24, 2.45) is 0 Å². The smallest absolute Gasteiger partial charge is 0.269 e. The van der Waals surface area contributed by atoms with Gasteiger partial charge in [0.15, 0.2) is 0 Å². The monoisotopic (exact) mass is 316 g/mol. The van der Waals surface area contributed by atoms with E-state index in [9.17, 15) is 0 Å². The highest BCUT2D eigenvalue weighted by atomic mass is 35.5. The average Bonchev–Trinajstić information content (AvgIpc) is 2.98. The lowest BCUT2D eigenvalue weighted by Gasteiger charge is -1.95. The zero-order valence-corrected chi connectivity index (χ0v) is 12.3.